The molecule has 1 aromatic carbocycles. The van der Waals surface area contributed by atoms with E-state index in [2.05, 4.69) is 21.2 Å². The largest absolute Gasteiger partial charge is 0.378 e. The normalized spacial score (nSPS) is 10.2. The molecule has 0 aliphatic carbocycles. The second-order valence-electron chi connectivity index (χ2n) is 3.39. The van der Waals surface area contributed by atoms with Gasteiger partial charge in [-0.15, -0.1) is 11.3 Å². The third kappa shape index (κ3) is 3.38. The first-order chi connectivity index (χ1) is 8.15. The summed E-state index contributed by atoms with van der Waals surface area (Å²) < 4.78 is 13.6. The number of ketones is 1. The molecule has 1 N–H and O–H groups in total. The Bertz CT molecular complexity index is 524. The van der Waals surface area contributed by atoms with Crippen molar-refractivity contribution in [2.45, 2.75) is 0 Å². The average Bonchev–Trinajstić information content (AvgIpc) is 2.75. The van der Waals surface area contributed by atoms with Crippen LogP contribution in [0.5, 0.6) is 0 Å². The molecule has 2 rings (SSSR count). The highest BCUT2D eigenvalue weighted by Crippen LogP contribution is 2.22. The molecule has 1 heterocycles. The van der Waals surface area contributed by atoms with Gasteiger partial charge in [-0.2, -0.15) is 0 Å². The van der Waals surface area contributed by atoms with Crippen LogP contribution in [0, 0.1) is 5.82 Å². The highest BCUT2D eigenvalue weighted by Gasteiger charge is 2.08. The lowest BCUT2D eigenvalue weighted by Gasteiger charge is -2.04. The van der Waals surface area contributed by atoms with Gasteiger partial charge in [-0.25, -0.2) is 4.39 Å². The standard InChI is InChI=1S/C12H9BrFNOS/c13-12-6-5-11(17-12)10(16)7-15-9-3-1-8(14)2-4-9/h1-6,15H,7H2. The molecule has 0 bridgehead atoms. The molecule has 1 aromatic heterocycles. The zero-order valence-electron chi connectivity index (χ0n) is 8.74. The molecule has 88 valence electrons. The van der Waals surface area contributed by atoms with E-state index in [1.807, 2.05) is 6.07 Å². The minimum absolute atomic E-state index is 0.0185. The van der Waals surface area contributed by atoms with Gasteiger partial charge in [-0.05, 0) is 52.3 Å². The number of hydrogen-bond acceptors (Lipinski definition) is 3. The van der Waals surface area contributed by atoms with Gasteiger partial charge in [0.15, 0.2) is 5.78 Å². The Morgan fingerprint density at radius 3 is 2.53 bits per heavy atom. The first kappa shape index (κ1) is 12.3. The zero-order valence-corrected chi connectivity index (χ0v) is 11.1. The summed E-state index contributed by atoms with van der Waals surface area (Å²) in [5.41, 5.74) is 0.732. The van der Waals surface area contributed by atoms with E-state index in [0.29, 0.717) is 4.88 Å². The Hall–Kier alpha value is -1.20. The molecule has 0 spiro atoms. The number of thiophene rings is 1. The Balaban J connectivity index is 1.94. The van der Waals surface area contributed by atoms with E-state index < -0.39 is 0 Å². The molecule has 2 aromatic rings. The maximum absolute atomic E-state index is 12.7. The van der Waals surface area contributed by atoms with Crippen LogP contribution in [-0.4, -0.2) is 12.3 Å². The number of anilines is 1. The molecule has 0 fully saturated rings. The average molecular weight is 314 g/mol. The molecule has 0 aliphatic rings. The zero-order chi connectivity index (χ0) is 12.3. The first-order valence-electron chi connectivity index (χ1n) is 4.93. The third-order valence-corrected chi connectivity index (χ3v) is 3.81. The summed E-state index contributed by atoms with van der Waals surface area (Å²) in [7, 11) is 0. The lowest BCUT2D eigenvalue weighted by atomic mass is 10.3. The summed E-state index contributed by atoms with van der Waals surface area (Å²) >= 11 is 4.71. The Labute approximate surface area is 111 Å². The van der Waals surface area contributed by atoms with Gasteiger partial charge in [0.05, 0.1) is 15.2 Å². The van der Waals surface area contributed by atoms with Crippen molar-refractivity contribution in [2.75, 3.05) is 11.9 Å². The topological polar surface area (TPSA) is 29.1 Å². The Morgan fingerprint density at radius 2 is 1.94 bits per heavy atom. The molecule has 2 nitrogen and oxygen atoms in total. The van der Waals surface area contributed by atoms with Gasteiger partial charge >= 0.3 is 0 Å². The number of carbonyl (C=O) groups excluding carboxylic acids is 1. The van der Waals surface area contributed by atoms with Crippen molar-refractivity contribution >= 4 is 38.7 Å². The predicted molar refractivity (Wildman–Crippen MR) is 71.2 cm³/mol. The van der Waals surface area contributed by atoms with E-state index in [1.54, 1.807) is 18.2 Å². The molecule has 0 aliphatic heterocycles. The van der Waals surface area contributed by atoms with Crippen molar-refractivity contribution in [1.29, 1.82) is 0 Å². The van der Waals surface area contributed by atoms with Crippen LogP contribution in [0.25, 0.3) is 0 Å². The molecule has 17 heavy (non-hydrogen) atoms. The van der Waals surface area contributed by atoms with Crippen molar-refractivity contribution in [3.05, 3.63) is 50.9 Å². The van der Waals surface area contributed by atoms with Crippen LogP contribution in [0.1, 0.15) is 9.67 Å². The Kier molecular flexibility index (Phi) is 3.91. The summed E-state index contributed by atoms with van der Waals surface area (Å²) in [5, 5.41) is 2.95. The number of hydrogen-bond donors (Lipinski definition) is 1. The smallest absolute Gasteiger partial charge is 0.191 e. The minimum Gasteiger partial charge on any atom is -0.378 e. The molecular formula is C12H9BrFNOS. The highest BCUT2D eigenvalue weighted by molar-refractivity contribution is 9.11. The second-order valence-corrected chi connectivity index (χ2v) is 5.85. The van der Waals surface area contributed by atoms with E-state index in [4.69, 9.17) is 0 Å². The van der Waals surface area contributed by atoms with Crippen LogP contribution < -0.4 is 5.32 Å². The summed E-state index contributed by atoms with van der Waals surface area (Å²) in [6, 6.07) is 9.54. The van der Waals surface area contributed by atoms with Gasteiger partial charge < -0.3 is 5.32 Å². The summed E-state index contributed by atoms with van der Waals surface area (Å²) in [4.78, 5) is 12.5. The molecule has 0 amide bonds. The van der Waals surface area contributed by atoms with Gasteiger partial charge in [0.2, 0.25) is 0 Å². The van der Waals surface area contributed by atoms with E-state index in [9.17, 15) is 9.18 Å². The van der Waals surface area contributed by atoms with Crippen LogP contribution in [0.4, 0.5) is 10.1 Å². The number of halogens is 2. The molecule has 0 saturated carbocycles. The Morgan fingerprint density at radius 1 is 1.24 bits per heavy atom. The summed E-state index contributed by atoms with van der Waals surface area (Å²) in [5.74, 6) is -0.269. The quantitative estimate of drug-likeness (QED) is 0.866. The van der Waals surface area contributed by atoms with E-state index in [-0.39, 0.29) is 18.1 Å². The molecule has 5 heteroatoms. The van der Waals surface area contributed by atoms with Crippen LogP contribution >= 0.6 is 27.3 Å². The fraction of sp³-hybridized carbons (Fsp3) is 0.0833. The summed E-state index contributed by atoms with van der Waals surface area (Å²) in [6.45, 7) is 0.207. The number of rotatable bonds is 4. The van der Waals surface area contributed by atoms with Crippen molar-refractivity contribution in [1.82, 2.24) is 0 Å². The lowest BCUT2D eigenvalue weighted by Crippen LogP contribution is -2.12. The van der Waals surface area contributed by atoms with Crippen LogP contribution in [0.2, 0.25) is 0 Å². The first-order valence-corrected chi connectivity index (χ1v) is 6.54. The maximum atomic E-state index is 12.7. The van der Waals surface area contributed by atoms with Gasteiger partial charge in [-0.3, -0.25) is 4.79 Å². The minimum atomic E-state index is -0.288. The van der Waals surface area contributed by atoms with Crippen molar-refractivity contribution < 1.29 is 9.18 Å². The van der Waals surface area contributed by atoms with Crippen molar-refractivity contribution in [2.24, 2.45) is 0 Å². The van der Waals surface area contributed by atoms with E-state index in [1.165, 1.54) is 23.5 Å². The lowest BCUT2D eigenvalue weighted by molar-refractivity contribution is 0.101. The number of Topliss-reactive ketones (excluding diaryl/α,β-unsaturated/α-hetero) is 1. The van der Waals surface area contributed by atoms with Gasteiger partial charge in [0.1, 0.15) is 5.82 Å². The van der Waals surface area contributed by atoms with Crippen molar-refractivity contribution in [3.63, 3.8) is 0 Å². The third-order valence-electron chi connectivity index (χ3n) is 2.15. The summed E-state index contributed by atoms with van der Waals surface area (Å²) in [6.07, 6.45) is 0. The number of benzene rings is 1. The van der Waals surface area contributed by atoms with Gasteiger partial charge in [0.25, 0.3) is 0 Å². The fourth-order valence-electron chi connectivity index (χ4n) is 1.30. The monoisotopic (exact) mass is 313 g/mol. The molecule has 0 radical (unpaired) electrons. The molecule has 0 atom stereocenters. The van der Waals surface area contributed by atoms with Crippen LogP contribution in [0.15, 0.2) is 40.2 Å². The predicted octanol–water partition coefficient (Wildman–Crippen LogP) is 3.94. The van der Waals surface area contributed by atoms with Crippen LogP contribution in [0.3, 0.4) is 0 Å². The SMILES string of the molecule is O=C(CNc1ccc(F)cc1)c1ccc(Br)s1. The fourth-order valence-corrected chi connectivity index (χ4v) is 2.62. The highest BCUT2D eigenvalue weighted by atomic mass is 79.9. The van der Waals surface area contributed by atoms with E-state index in [0.717, 1.165) is 9.47 Å². The molecular weight excluding hydrogens is 305 g/mol. The maximum Gasteiger partial charge on any atom is 0.191 e. The van der Waals surface area contributed by atoms with Crippen LogP contribution in [-0.2, 0) is 0 Å². The number of carbonyl (C=O) groups is 1. The van der Waals surface area contributed by atoms with Crippen molar-refractivity contribution in [3.8, 4) is 0 Å². The molecule has 0 saturated heterocycles. The number of nitrogens with one attached hydrogen (secondary N) is 1. The second kappa shape index (κ2) is 5.42. The molecule has 0 unspecified atom stereocenters. The van der Waals surface area contributed by atoms with Gasteiger partial charge in [-0.1, -0.05) is 0 Å². The van der Waals surface area contributed by atoms with Gasteiger partial charge in [0, 0.05) is 5.69 Å². The van der Waals surface area contributed by atoms with E-state index >= 15 is 0 Å².